The number of aromatic amines is 1. The van der Waals surface area contributed by atoms with Gasteiger partial charge in [0.05, 0.1) is 26.3 Å². The number of halogens is 1. The van der Waals surface area contributed by atoms with Gasteiger partial charge >= 0.3 is 0 Å². The fourth-order valence-electron chi connectivity index (χ4n) is 9.31. The molecule has 330 valence electrons. The average molecular weight is 1010 g/mol. The van der Waals surface area contributed by atoms with E-state index in [1.165, 1.54) is 81.8 Å². The topological polar surface area (TPSA) is 113 Å². The van der Waals surface area contributed by atoms with Crippen molar-refractivity contribution in [1.82, 2.24) is 38.7 Å². The van der Waals surface area contributed by atoms with E-state index in [1.54, 1.807) is 41.8 Å². The van der Waals surface area contributed by atoms with Crippen LogP contribution in [0.4, 0.5) is 0 Å². The molecule has 7 aromatic rings. The second-order valence-corrected chi connectivity index (χ2v) is 20.7. The Kier molecular flexibility index (Phi) is 14.1. The Morgan fingerprint density at radius 1 is 0.714 bits per heavy atom. The van der Waals surface area contributed by atoms with Crippen LogP contribution in [0, 0.1) is 0 Å². The van der Waals surface area contributed by atoms with E-state index in [1.807, 2.05) is 29.8 Å². The fourth-order valence-corrected chi connectivity index (χ4v) is 12.6. The van der Waals surface area contributed by atoms with E-state index in [4.69, 9.17) is 9.97 Å². The number of likely N-dealkylation sites (tertiary alicyclic amines) is 2. The summed E-state index contributed by atoms with van der Waals surface area (Å²) < 4.78 is 28.5. The summed E-state index contributed by atoms with van der Waals surface area (Å²) in [5, 5.41) is 8.75. The molecule has 0 radical (unpaired) electrons. The lowest BCUT2D eigenvalue weighted by molar-refractivity contribution is -0.0000151. The number of rotatable bonds is 8. The van der Waals surface area contributed by atoms with E-state index in [0.717, 1.165) is 83.7 Å². The third-order valence-corrected chi connectivity index (χ3v) is 16.7. The largest absolute Gasteiger partial charge is 1.00 e. The summed E-state index contributed by atoms with van der Waals surface area (Å²) in [6, 6.07) is 12.9. The SMILES string of the molecule is C.CN1CCC(c2nc(-c3c[nH]c4ncc(C5=CCCC5)cc34)cs2)CC1.CN1CCC(c2nc(-c3cn(S(=O)(=O)c4ccccc4)c4ncc(C5=CCCC5)cc34)cs2)CC1.[I-]. The van der Waals surface area contributed by atoms with E-state index in [0.29, 0.717) is 17.5 Å². The van der Waals surface area contributed by atoms with Crippen molar-refractivity contribution in [2.45, 2.75) is 88.4 Å². The van der Waals surface area contributed by atoms with Gasteiger partial charge in [0.1, 0.15) is 5.65 Å². The van der Waals surface area contributed by atoms with Crippen LogP contribution in [0.5, 0.6) is 0 Å². The lowest BCUT2D eigenvalue weighted by Gasteiger charge is -2.27. The number of pyridine rings is 2. The summed E-state index contributed by atoms with van der Waals surface area (Å²) in [6.07, 6.45) is 23.7. The summed E-state index contributed by atoms with van der Waals surface area (Å²) in [4.78, 5) is 27.7. The van der Waals surface area contributed by atoms with Gasteiger partial charge in [0.2, 0.25) is 0 Å². The van der Waals surface area contributed by atoms with Gasteiger partial charge in [-0.25, -0.2) is 32.3 Å². The Morgan fingerprint density at radius 3 is 1.81 bits per heavy atom. The smallest absolute Gasteiger partial charge is 0.269 e. The third-order valence-electron chi connectivity index (χ3n) is 13.0. The maximum atomic E-state index is 13.6. The molecule has 2 aliphatic heterocycles. The minimum Gasteiger partial charge on any atom is -1.00 e. The first kappa shape index (κ1) is 45.5. The van der Waals surface area contributed by atoms with Gasteiger partial charge in [-0.3, -0.25) is 0 Å². The molecule has 0 amide bonds. The summed E-state index contributed by atoms with van der Waals surface area (Å²) in [5.41, 5.74) is 10.4. The van der Waals surface area contributed by atoms with Gasteiger partial charge in [0.25, 0.3) is 10.0 Å². The molecule has 0 atom stereocenters. The van der Waals surface area contributed by atoms with Crippen molar-refractivity contribution in [3.63, 3.8) is 0 Å². The van der Waals surface area contributed by atoms with Crippen LogP contribution < -0.4 is 24.0 Å². The zero-order valence-corrected chi connectivity index (χ0v) is 39.9. The molecular formula is C49H56IN8O2S3-. The predicted octanol–water partition coefficient (Wildman–Crippen LogP) is 8.48. The van der Waals surface area contributed by atoms with E-state index in [9.17, 15) is 8.42 Å². The molecule has 10 nitrogen and oxygen atoms in total. The Hall–Kier alpha value is -4.06. The molecule has 0 saturated carbocycles. The zero-order chi connectivity index (χ0) is 41.5. The van der Waals surface area contributed by atoms with Crippen LogP contribution in [-0.4, -0.2) is 87.4 Å². The number of hydrogen-bond acceptors (Lipinski definition) is 10. The molecule has 63 heavy (non-hydrogen) atoms. The summed E-state index contributed by atoms with van der Waals surface area (Å²) in [5.74, 6) is 1.08. The van der Waals surface area contributed by atoms with E-state index in [2.05, 4.69) is 80.1 Å². The summed E-state index contributed by atoms with van der Waals surface area (Å²) >= 11 is 3.50. The van der Waals surface area contributed by atoms with E-state index >= 15 is 0 Å². The first-order chi connectivity index (χ1) is 29.8. The van der Waals surface area contributed by atoms with E-state index < -0.39 is 10.0 Å². The van der Waals surface area contributed by atoms with Crippen LogP contribution in [0.2, 0.25) is 0 Å². The highest BCUT2D eigenvalue weighted by atomic mass is 127. The van der Waals surface area contributed by atoms with Crippen LogP contribution in [0.25, 0.3) is 55.7 Å². The quantitative estimate of drug-likeness (QED) is 0.151. The number of thiazole rings is 2. The Bertz CT molecular complexity index is 2860. The highest BCUT2D eigenvalue weighted by Gasteiger charge is 2.27. The molecule has 0 spiro atoms. The fraction of sp³-hybridized carbons (Fsp3) is 0.388. The van der Waals surface area contributed by atoms with Crippen LogP contribution in [0.15, 0.2) is 95.1 Å². The number of hydrogen-bond donors (Lipinski definition) is 1. The van der Waals surface area contributed by atoms with Gasteiger partial charge in [-0.2, -0.15) is 0 Å². The molecule has 0 unspecified atom stereocenters. The molecule has 8 heterocycles. The summed E-state index contributed by atoms with van der Waals surface area (Å²) in [7, 11) is 0.576. The molecular weight excluding hydrogens is 956 g/mol. The molecule has 14 heteroatoms. The second kappa shape index (κ2) is 19.6. The molecule has 2 aliphatic carbocycles. The molecule has 1 aromatic carbocycles. The Labute approximate surface area is 396 Å². The van der Waals surface area contributed by atoms with Crippen molar-refractivity contribution in [3.05, 3.63) is 111 Å². The molecule has 1 N–H and O–H groups in total. The first-order valence-electron chi connectivity index (χ1n) is 21.7. The number of aromatic nitrogens is 6. The monoisotopic (exact) mass is 1010 g/mol. The number of benzene rings is 1. The standard InChI is InChI=1S/C27H28N4O2S2.C21H24N4S.CH4.HI/c1-30-13-11-20(12-14-30)27-29-25(18-34-27)24-17-31(35(32,33)22-9-3-2-4-10-22)26-23(24)15-21(16-28-26)19-7-5-6-8-19;1-25-8-6-15(7-9-25)21-24-19(13-26-21)18-12-23-20-17(18)10-16(11-22-20)14-4-2-3-5-14;;/h2-4,7,9-10,15-18,20H,5-6,8,11-14H2,1H3;4,10-13,15H,2-3,5-9H2,1H3,(H,22,23);1H4;1H/p-1. The summed E-state index contributed by atoms with van der Waals surface area (Å²) in [6.45, 7) is 4.51. The number of H-pyrrole nitrogens is 1. The van der Waals surface area contributed by atoms with Crippen LogP contribution in [0.1, 0.15) is 105 Å². The molecule has 6 aromatic heterocycles. The first-order valence-corrected chi connectivity index (χ1v) is 24.9. The maximum Gasteiger partial charge on any atom is 0.269 e. The van der Waals surface area contributed by atoms with Gasteiger partial charge in [-0.15, -0.1) is 22.7 Å². The normalized spacial score (nSPS) is 17.9. The van der Waals surface area contributed by atoms with Gasteiger partial charge in [-0.1, -0.05) is 37.8 Å². The molecule has 2 saturated heterocycles. The van der Waals surface area contributed by atoms with Gasteiger partial charge in [0.15, 0.2) is 5.65 Å². The number of fused-ring (bicyclic) bond motifs is 2. The highest BCUT2D eigenvalue weighted by Crippen LogP contribution is 2.40. The minimum absolute atomic E-state index is 0. The Balaban J connectivity index is 0.000000174. The number of nitrogens with zero attached hydrogens (tertiary/aromatic N) is 7. The predicted molar refractivity (Wildman–Crippen MR) is 256 cm³/mol. The number of allylic oxidation sites excluding steroid dienone is 4. The average Bonchev–Trinajstić information content (AvgIpc) is 4.15. The van der Waals surface area contributed by atoms with Crippen molar-refractivity contribution in [1.29, 1.82) is 0 Å². The molecule has 11 rings (SSSR count). The molecule has 4 aliphatic rings. The molecule has 0 bridgehead atoms. The van der Waals surface area contributed by atoms with Crippen molar-refractivity contribution >= 4 is 65.9 Å². The molecule has 2 fully saturated rings. The minimum atomic E-state index is -3.79. The number of nitrogens with one attached hydrogen (secondary N) is 1. The van der Waals surface area contributed by atoms with E-state index in [-0.39, 0.29) is 36.3 Å². The van der Waals surface area contributed by atoms with Gasteiger partial charge in [0, 0.05) is 69.3 Å². The number of piperidine rings is 2. The van der Waals surface area contributed by atoms with Crippen molar-refractivity contribution in [3.8, 4) is 22.5 Å². The zero-order valence-electron chi connectivity index (χ0n) is 35.3. The van der Waals surface area contributed by atoms with Crippen LogP contribution >= 0.6 is 22.7 Å². The van der Waals surface area contributed by atoms with Gasteiger partial charge in [-0.05, 0) is 151 Å². The highest BCUT2D eigenvalue weighted by molar-refractivity contribution is 7.90. The Morgan fingerprint density at radius 2 is 1.25 bits per heavy atom. The van der Waals surface area contributed by atoms with Crippen molar-refractivity contribution in [2.75, 3.05) is 40.3 Å². The lowest BCUT2D eigenvalue weighted by atomic mass is 9.98. The van der Waals surface area contributed by atoms with Crippen LogP contribution in [0.3, 0.4) is 0 Å². The third kappa shape index (κ3) is 9.39. The second-order valence-electron chi connectivity index (χ2n) is 17.1. The lowest BCUT2D eigenvalue weighted by Crippen LogP contribution is -3.00. The maximum absolute atomic E-state index is 13.6. The van der Waals surface area contributed by atoms with Crippen LogP contribution in [-0.2, 0) is 10.0 Å². The van der Waals surface area contributed by atoms with Gasteiger partial charge < -0.3 is 38.8 Å². The van der Waals surface area contributed by atoms with Crippen molar-refractivity contribution < 1.29 is 32.4 Å². The van der Waals surface area contributed by atoms with Crippen molar-refractivity contribution in [2.24, 2.45) is 0 Å².